The second kappa shape index (κ2) is 7.38. The van der Waals surface area contributed by atoms with Gasteiger partial charge in [-0.05, 0) is 37.0 Å². The van der Waals surface area contributed by atoms with Gasteiger partial charge in [-0.3, -0.25) is 4.79 Å². The van der Waals surface area contributed by atoms with Crippen molar-refractivity contribution in [3.05, 3.63) is 71.3 Å². The molecule has 1 atom stereocenters. The predicted molar refractivity (Wildman–Crippen MR) is 99.3 cm³/mol. The van der Waals surface area contributed by atoms with Gasteiger partial charge >= 0.3 is 0 Å². The van der Waals surface area contributed by atoms with E-state index in [-0.39, 0.29) is 18.5 Å². The number of amides is 1. The van der Waals surface area contributed by atoms with Gasteiger partial charge < -0.3 is 15.3 Å². The van der Waals surface area contributed by atoms with E-state index in [0.717, 1.165) is 12.0 Å². The fraction of sp³-hybridized carbons (Fsp3) is 0.381. The number of aliphatic hydroxyl groups is 1. The molecule has 0 radical (unpaired) electrons. The highest BCUT2D eigenvalue weighted by Crippen LogP contribution is 2.34. The fourth-order valence-electron chi connectivity index (χ4n) is 3.41. The molecule has 0 fully saturated rings. The largest absolute Gasteiger partial charge is 0.389 e. The van der Waals surface area contributed by atoms with E-state index in [4.69, 9.17) is 0 Å². The van der Waals surface area contributed by atoms with Crippen molar-refractivity contribution in [1.29, 1.82) is 0 Å². The van der Waals surface area contributed by atoms with Crippen LogP contribution in [-0.4, -0.2) is 41.1 Å². The van der Waals surface area contributed by atoms with Crippen molar-refractivity contribution in [3.63, 3.8) is 0 Å². The summed E-state index contributed by atoms with van der Waals surface area (Å²) >= 11 is 0. The lowest BCUT2D eigenvalue weighted by Gasteiger charge is -2.38. The summed E-state index contributed by atoms with van der Waals surface area (Å²) in [5, 5.41) is 12.9. The molecule has 4 heteroatoms. The number of fused-ring (bicyclic) bond motifs is 1. The van der Waals surface area contributed by atoms with Gasteiger partial charge in [0.15, 0.2) is 0 Å². The summed E-state index contributed by atoms with van der Waals surface area (Å²) in [6.45, 7) is 4.79. The number of hydrogen-bond acceptors (Lipinski definition) is 3. The Bertz CT molecular complexity index is 722. The normalized spacial score (nSPS) is 17.2. The van der Waals surface area contributed by atoms with Crippen LogP contribution in [0, 0.1) is 0 Å². The highest BCUT2D eigenvalue weighted by atomic mass is 16.3. The van der Waals surface area contributed by atoms with Crippen LogP contribution < -0.4 is 5.32 Å². The Hall–Kier alpha value is -2.17. The number of carbonyl (C=O) groups excluding carboxylic acids is 1. The third-order valence-corrected chi connectivity index (χ3v) is 4.55. The molecule has 0 spiro atoms. The molecular formula is C21H26N2O2. The van der Waals surface area contributed by atoms with Crippen molar-refractivity contribution in [2.24, 2.45) is 0 Å². The summed E-state index contributed by atoms with van der Waals surface area (Å²) < 4.78 is 0. The Morgan fingerprint density at radius 2 is 1.84 bits per heavy atom. The Kier molecular flexibility index (Phi) is 5.21. The lowest BCUT2D eigenvalue weighted by molar-refractivity contribution is -0.132. The summed E-state index contributed by atoms with van der Waals surface area (Å²) in [4.78, 5) is 14.8. The minimum atomic E-state index is -0.826. The van der Waals surface area contributed by atoms with Gasteiger partial charge in [0.25, 0.3) is 0 Å². The Balaban J connectivity index is 1.84. The number of carbonyl (C=O) groups is 1. The number of nitrogens with one attached hydrogen (secondary N) is 1. The van der Waals surface area contributed by atoms with Crippen molar-refractivity contribution < 1.29 is 9.90 Å². The maximum absolute atomic E-state index is 12.9. The zero-order valence-electron chi connectivity index (χ0n) is 14.9. The van der Waals surface area contributed by atoms with Gasteiger partial charge in [0.2, 0.25) is 5.91 Å². The number of nitrogens with zero attached hydrogens (tertiary/aromatic N) is 1. The van der Waals surface area contributed by atoms with Crippen LogP contribution >= 0.6 is 0 Å². The molecule has 4 nitrogen and oxygen atoms in total. The lowest BCUT2D eigenvalue weighted by atomic mass is 9.88. The topological polar surface area (TPSA) is 52.6 Å². The summed E-state index contributed by atoms with van der Waals surface area (Å²) in [5.74, 6) is 0.0626. The Morgan fingerprint density at radius 1 is 1.16 bits per heavy atom. The average Bonchev–Trinajstić information content (AvgIpc) is 2.60. The molecule has 1 amide bonds. The monoisotopic (exact) mass is 338 g/mol. The Morgan fingerprint density at radius 3 is 2.56 bits per heavy atom. The van der Waals surface area contributed by atoms with Gasteiger partial charge in [-0.2, -0.15) is 0 Å². The van der Waals surface area contributed by atoms with Crippen LogP contribution in [-0.2, 0) is 11.2 Å². The molecule has 1 aliphatic rings. The molecule has 1 aliphatic heterocycles. The molecule has 2 aromatic rings. The summed E-state index contributed by atoms with van der Waals surface area (Å²) in [6, 6.07) is 18.5. The van der Waals surface area contributed by atoms with Gasteiger partial charge in [0.05, 0.1) is 18.2 Å². The summed E-state index contributed by atoms with van der Waals surface area (Å²) in [6.07, 6.45) is 0.872. The minimum absolute atomic E-state index is 0.0532. The van der Waals surface area contributed by atoms with Crippen LogP contribution in [0.15, 0.2) is 54.6 Å². The zero-order valence-corrected chi connectivity index (χ0v) is 14.9. The third kappa shape index (κ3) is 4.27. The molecule has 0 saturated heterocycles. The van der Waals surface area contributed by atoms with Crippen LogP contribution in [0.4, 0.5) is 0 Å². The van der Waals surface area contributed by atoms with Crippen molar-refractivity contribution >= 4 is 5.91 Å². The van der Waals surface area contributed by atoms with E-state index in [9.17, 15) is 9.90 Å². The van der Waals surface area contributed by atoms with Crippen molar-refractivity contribution in [2.75, 3.05) is 19.6 Å². The predicted octanol–water partition coefficient (Wildman–Crippen LogP) is 2.52. The van der Waals surface area contributed by atoms with E-state index in [1.54, 1.807) is 13.8 Å². The standard InChI is InChI=1S/C21H26N2O2/c1-21(2,25)15-22-14-19(24)23-13-12-16-8-6-7-11-18(16)20(23)17-9-4-3-5-10-17/h3-11,20,22,25H,12-15H2,1-2H3/t20-/m0/s1. The molecule has 1 heterocycles. The second-order valence-corrected chi connectivity index (χ2v) is 7.27. The van der Waals surface area contributed by atoms with E-state index in [2.05, 4.69) is 35.6 Å². The third-order valence-electron chi connectivity index (χ3n) is 4.55. The molecule has 25 heavy (non-hydrogen) atoms. The highest BCUT2D eigenvalue weighted by molar-refractivity contribution is 5.79. The van der Waals surface area contributed by atoms with Gasteiger partial charge in [0, 0.05) is 13.1 Å². The first-order valence-electron chi connectivity index (χ1n) is 8.81. The van der Waals surface area contributed by atoms with Crippen LogP contribution in [0.3, 0.4) is 0 Å². The molecular weight excluding hydrogens is 312 g/mol. The molecule has 2 aromatic carbocycles. The van der Waals surface area contributed by atoms with Gasteiger partial charge in [0.1, 0.15) is 0 Å². The van der Waals surface area contributed by atoms with E-state index in [1.807, 2.05) is 29.2 Å². The smallest absolute Gasteiger partial charge is 0.237 e. The number of rotatable bonds is 5. The van der Waals surface area contributed by atoms with E-state index < -0.39 is 5.60 Å². The summed E-state index contributed by atoms with van der Waals surface area (Å²) in [7, 11) is 0. The minimum Gasteiger partial charge on any atom is -0.389 e. The molecule has 132 valence electrons. The van der Waals surface area contributed by atoms with Crippen molar-refractivity contribution in [3.8, 4) is 0 Å². The zero-order chi connectivity index (χ0) is 17.9. The SMILES string of the molecule is CC(C)(O)CNCC(=O)N1CCc2ccccc2[C@@H]1c1ccccc1. The van der Waals surface area contributed by atoms with Crippen molar-refractivity contribution in [2.45, 2.75) is 31.9 Å². The molecule has 0 bridgehead atoms. The average molecular weight is 338 g/mol. The molecule has 0 saturated carbocycles. The second-order valence-electron chi connectivity index (χ2n) is 7.27. The maximum Gasteiger partial charge on any atom is 0.237 e. The molecule has 0 aromatic heterocycles. The highest BCUT2D eigenvalue weighted by Gasteiger charge is 2.31. The fourth-order valence-corrected chi connectivity index (χ4v) is 3.41. The van der Waals surface area contributed by atoms with Crippen molar-refractivity contribution in [1.82, 2.24) is 10.2 Å². The lowest BCUT2D eigenvalue weighted by Crippen LogP contribution is -2.46. The Labute approximate surface area is 149 Å². The number of hydrogen-bond donors (Lipinski definition) is 2. The summed E-state index contributed by atoms with van der Waals surface area (Å²) in [5.41, 5.74) is 2.82. The molecule has 3 rings (SSSR count). The first kappa shape index (κ1) is 17.6. The first-order valence-corrected chi connectivity index (χ1v) is 8.81. The van der Waals surface area contributed by atoms with Crippen LogP contribution in [0.25, 0.3) is 0 Å². The van der Waals surface area contributed by atoms with Crippen LogP contribution in [0.1, 0.15) is 36.6 Å². The quantitative estimate of drug-likeness (QED) is 0.881. The first-order chi connectivity index (χ1) is 12.0. The molecule has 2 N–H and O–H groups in total. The number of benzene rings is 2. The van der Waals surface area contributed by atoms with Crippen LogP contribution in [0.5, 0.6) is 0 Å². The molecule has 0 aliphatic carbocycles. The van der Waals surface area contributed by atoms with E-state index in [0.29, 0.717) is 13.1 Å². The van der Waals surface area contributed by atoms with Gasteiger partial charge in [-0.25, -0.2) is 0 Å². The van der Waals surface area contributed by atoms with Gasteiger partial charge in [-0.15, -0.1) is 0 Å². The van der Waals surface area contributed by atoms with E-state index >= 15 is 0 Å². The molecule has 0 unspecified atom stereocenters. The van der Waals surface area contributed by atoms with E-state index in [1.165, 1.54) is 11.1 Å². The maximum atomic E-state index is 12.9. The van der Waals surface area contributed by atoms with Gasteiger partial charge in [-0.1, -0.05) is 54.6 Å². The van der Waals surface area contributed by atoms with Crippen LogP contribution in [0.2, 0.25) is 0 Å².